The van der Waals surface area contributed by atoms with Crippen LogP contribution in [-0.2, 0) is 9.84 Å². The number of sulfone groups is 1. The van der Waals surface area contributed by atoms with E-state index in [-0.39, 0.29) is 17.4 Å². The van der Waals surface area contributed by atoms with Crippen LogP contribution in [0.5, 0.6) is 0 Å². The molecule has 1 fully saturated rings. The number of aromatic nitrogens is 4. The molecule has 2 aromatic heterocycles. The van der Waals surface area contributed by atoms with E-state index in [9.17, 15) is 8.42 Å². The van der Waals surface area contributed by atoms with Crippen LogP contribution < -0.4 is 5.32 Å². The Labute approximate surface area is 121 Å². The molecular weight excluding hydrogens is 302 g/mol. The minimum Gasteiger partial charge on any atom is -0.369 e. The Kier molecular flexibility index (Phi) is 3.29. The van der Waals surface area contributed by atoms with Crippen molar-refractivity contribution in [2.45, 2.75) is 13.3 Å². The Morgan fingerprint density at radius 3 is 3.05 bits per heavy atom. The molecule has 20 heavy (non-hydrogen) atoms. The van der Waals surface area contributed by atoms with E-state index in [4.69, 9.17) is 11.6 Å². The van der Waals surface area contributed by atoms with Crippen molar-refractivity contribution in [2.24, 2.45) is 5.92 Å². The second-order valence-electron chi connectivity index (χ2n) is 5.00. The lowest BCUT2D eigenvalue weighted by atomic mass is 10.1. The zero-order valence-electron chi connectivity index (χ0n) is 10.9. The summed E-state index contributed by atoms with van der Waals surface area (Å²) in [6.45, 7) is 2.40. The maximum Gasteiger partial charge on any atom is 0.255 e. The highest BCUT2D eigenvalue weighted by Gasteiger charge is 2.28. The summed E-state index contributed by atoms with van der Waals surface area (Å²) in [4.78, 5) is 8.12. The largest absolute Gasteiger partial charge is 0.369 e. The van der Waals surface area contributed by atoms with Gasteiger partial charge < -0.3 is 5.32 Å². The zero-order valence-corrected chi connectivity index (χ0v) is 12.4. The first-order valence-corrected chi connectivity index (χ1v) is 8.46. The van der Waals surface area contributed by atoms with Crippen LogP contribution in [0.4, 0.5) is 5.82 Å². The molecule has 2 aromatic rings. The van der Waals surface area contributed by atoms with Gasteiger partial charge in [0.1, 0.15) is 17.3 Å². The fourth-order valence-electron chi connectivity index (χ4n) is 2.38. The van der Waals surface area contributed by atoms with E-state index in [0.29, 0.717) is 29.7 Å². The van der Waals surface area contributed by atoms with Crippen LogP contribution in [0.1, 0.15) is 12.0 Å². The maximum absolute atomic E-state index is 11.5. The van der Waals surface area contributed by atoms with Crippen molar-refractivity contribution in [3.63, 3.8) is 0 Å². The third-order valence-corrected chi connectivity index (χ3v) is 5.69. The van der Waals surface area contributed by atoms with Crippen molar-refractivity contribution in [1.82, 2.24) is 19.6 Å². The average molecular weight is 316 g/mol. The second kappa shape index (κ2) is 4.85. The first-order chi connectivity index (χ1) is 9.46. The quantitative estimate of drug-likeness (QED) is 0.848. The summed E-state index contributed by atoms with van der Waals surface area (Å²) < 4.78 is 24.5. The minimum atomic E-state index is -2.86. The Balaban J connectivity index is 1.84. The topological polar surface area (TPSA) is 89.2 Å². The monoisotopic (exact) mass is 315 g/mol. The molecular formula is C11H14ClN5O2S. The first kappa shape index (κ1) is 13.6. The van der Waals surface area contributed by atoms with Crippen molar-refractivity contribution >= 4 is 33.0 Å². The molecule has 1 unspecified atom stereocenters. The van der Waals surface area contributed by atoms with Crippen LogP contribution in [0.3, 0.4) is 0 Å². The number of nitrogens with zero attached hydrogens (tertiary/aromatic N) is 4. The Bertz CT molecular complexity index is 758. The van der Waals surface area contributed by atoms with Gasteiger partial charge in [-0.1, -0.05) is 11.6 Å². The van der Waals surface area contributed by atoms with E-state index in [0.717, 1.165) is 5.56 Å². The summed E-state index contributed by atoms with van der Waals surface area (Å²) in [7, 11) is -2.86. The molecule has 0 spiro atoms. The fourth-order valence-corrected chi connectivity index (χ4v) is 4.41. The third-order valence-electron chi connectivity index (χ3n) is 3.49. The number of hydrogen-bond acceptors (Lipinski definition) is 6. The van der Waals surface area contributed by atoms with Crippen LogP contribution in [0, 0.1) is 12.8 Å². The molecule has 0 aromatic carbocycles. The predicted molar refractivity (Wildman–Crippen MR) is 75.8 cm³/mol. The van der Waals surface area contributed by atoms with Crippen molar-refractivity contribution in [3.05, 3.63) is 17.0 Å². The smallest absolute Gasteiger partial charge is 0.255 e. The van der Waals surface area contributed by atoms with Gasteiger partial charge in [0.2, 0.25) is 0 Å². The summed E-state index contributed by atoms with van der Waals surface area (Å²) in [6.07, 6.45) is 2.09. The van der Waals surface area contributed by atoms with Gasteiger partial charge in [-0.3, -0.25) is 0 Å². The molecule has 9 heteroatoms. The lowest BCUT2D eigenvalue weighted by molar-refractivity contribution is 0.595. The second-order valence-corrected chi connectivity index (χ2v) is 7.58. The lowest BCUT2D eigenvalue weighted by Gasteiger charge is -2.14. The van der Waals surface area contributed by atoms with Gasteiger partial charge in [-0.25, -0.2) is 8.42 Å². The standard InChI is InChI=1S/C11H14ClN5O2S/c1-7-9(12)16-11-14-6-15-17(11)10(7)13-4-8-2-3-20(18,19)5-8/h6,8,13H,2-5H2,1H3. The highest BCUT2D eigenvalue weighted by atomic mass is 35.5. The number of rotatable bonds is 3. The number of anilines is 1. The van der Waals surface area contributed by atoms with Gasteiger partial charge in [0.25, 0.3) is 5.78 Å². The van der Waals surface area contributed by atoms with Crippen LogP contribution in [-0.4, -0.2) is 46.1 Å². The van der Waals surface area contributed by atoms with Gasteiger partial charge in [-0.2, -0.15) is 19.6 Å². The van der Waals surface area contributed by atoms with Gasteiger partial charge in [0.15, 0.2) is 9.84 Å². The molecule has 0 aliphatic carbocycles. The van der Waals surface area contributed by atoms with E-state index in [1.54, 1.807) is 4.52 Å². The highest BCUT2D eigenvalue weighted by molar-refractivity contribution is 7.91. The number of hydrogen-bond donors (Lipinski definition) is 1. The summed E-state index contributed by atoms with van der Waals surface area (Å²) >= 11 is 6.06. The van der Waals surface area contributed by atoms with Crippen LogP contribution >= 0.6 is 11.6 Å². The number of halogens is 1. The molecule has 0 radical (unpaired) electrons. The molecule has 0 bridgehead atoms. The van der Waals surface area contributed by atoms with Gasteiger partial charge >= 0.3 is 0 Å². The molecule has 1 aliphatic heterocycles. The molecule has 0 amide bonds. The molecule has 1 saturated heterocycles. The van der Waals surface area contributed by atoms with E-state index >= 15 is 0 Å². The molecule has 3 rings (SSSR count). The van der Waals surface area contributed by atoms with Crippen molar-refractivity contribution < 1.29 is 8.42 Å². The van der Waals surface area contributed by atoms with Crippen LogP contribution in [0.2, 0.25) is 5.15 Å². The van der Waals surface area contributed by atoms with E-state index < -0.39 is 9.84 Å². The molecule has 0 saturated carbocycles. The summed E-state index contributed by atoms with van der Waals surface area (Å²) in [5, 5.41) is 7.70. The molecule has 1 atom stereocenters. The van der Waals surface area contributed by atoms with Gasteiger partial charge in [-0.05, 0) is 19.3 Å². The van der Waals surface area contributed by atoms with E-state index in [1.165, 1.54) is 6.33 Å². The van der Waals surface area contributed by atoms with E-state index in [1.807, 2.05) is 6.92 Å². The number of fused-ring (bicyclic) bond motifs is 1. The molecule has 3 heterocycles. The summed E-state index contributed by atoms with van der Waals surface area (Å²) in [5.41, 5.74) is 0.769. The Morgan fingerprint density at radius 2 is 2.35 bits per heavy atom. The fraction of sp³-hybridized carbons (Fsp3) is 0.545. The average Bonchev–Trinajstić information content (AvgIpc) is 2.96. The van der Waals surface area contributed by atoms with Crippen LogP contribution in [0.15, 0.2) is 6.33 Å². The molecule has 1 N–H and O–H groups in total. The Morgan fingerprint density at radius 1 is 1.55 bits per heavy atom. The van der Waals surface area contributed by atoms with Crippen LogP contribution in [0.25, 0.3) is 5.78 Å². The highest BCUT2D eigenvalue weighted by Crippen LogP contribution is 2.24. The van der Waals surface area contributed by atoms with Crippen molar-refractivity contribution in [1.29, 1.82) is 0 Å². The van der Waals surface area contributed by atoms with Gasteiger partial charge in [0, 0.05) is 12.1 Å². The predicted octanol–water partition coefficient (Wildman–Crippen LogP) is 0.933. The summed E-state index contributed by atoms with van der Waals surface area (Å²) in [6, 6.07) is 0. The molecule has 7 nitrogen and oxygen atoms in total. The minimum absolute atomic E-state index is 0.116. The Hall–Kier alpha value is -1.41. The van der Waals surface area contributed by atoms with Gasteiger partial charge in [-0.15, -0.1) is 0 Å². The first-order valence-electron chi connectivity index (χ1n) is 6.26. The summed E-state index contributed by atoms with van der Waals surface area (Å²) in [5.74, 6) is 1.75. The zero-order chi connectivity index (χ0) is 14.3. The normalized spacial score (nSPS) is 21.4. The molecule has 1 aliphatic rings. The van der Waals surface area contributed by atoms with Crippen molar-refractivity contribution in [3.8, 4) is 0 Å². The number of nitrogens with one attached hydrogen (secondary N) is 1. The maximum atomic E-state index is 11.5. The molecule has 108 valence electrons. The SMILES string of the molecule is Cc1c(Cl)nc2ncnn2c1NCC1CCS(=O)(=O)C1. The van der Waals surface area contributed by atoms with Gasteiger partial charge in [0.05, 0.1) is 11.5 Å². The lowest BCUT2D eigenvalue weighted by Crippen LogP contribution is -2.18. The van der Waals surface area contributed by atoms with Crippen molar-refractivity contribution in [2.75, 3.05) is 23.4 Å². The van der Waals surface area contributed by atoms with E-state index in [2.05, 4.69) is 20.4 Å². The third kappa shape index (κ3) is 2.45.